The van der Waals surface area contributed by atoms with E-state index in [4.69, 9.17) is 0 Å². The molecule has 9 heteroatoms. The van der Waals surface area contributed by atoms with Crippen molar-refractivity contribution in [1.29, 1.82) is 0 Å². The van der Waals surface area contributed by atoms with Gasteiger partial charge in [-0.2, -0.15) is 0 Å². The lowest BCUT2D eigenvalue weighted by atomic mass is 10.2. The molecule has 0 bridgehead atoms. The molecule has 0 saturated carbocycles. The van der Waals surface area contributed by atoms with Gasteiger partial charge in [0.15, 0.2) is 11.0 Å². The molecule has 136 valence electrons. The van der Waals surface area contributed by atoms with Gasteiger partial charge >= 0.3 is 5.69 Å². The van der Waals surface area contributed by atoms with Gasteiger partial charge in [-0.25, -0.2) is 4.79 Å². The number of H-pyrrole nitrogens is 2. The Morgan fingerprint density at radius 1 is 1.11 bits per heavy atom. The SMILES string of the molecule is Cn1c(SCC(=O)Nc2ccc3[nH]c(=O)[nH]c3c2)nnc1-c1ccccc1. The molecule has 0 spiro atoms. The first-order valence-corrected chi connectivity index (χ1v) is 9.18. The molecule has 0 radical (unpaired) electrons. The number of hydrogen-bond acceptors (Lipinski definition) is 5. The first-order chi connectivity index (χ1) is 13.1. The molecule has 0 aliphatic heterocycles. The third kappa shape index (κ3) is 3.63. The lowest BCUT2D eigenvalue weighted by molar-refractivity contribution is -0.113. The highest BCUT2D eigenvalue weighted by Crippen LogP contribution is 2.22. The van der Waals surface area contributed by atoms with Gasteiger partial charge in [-0.15, -0.1) is 10.2 Å². The number of aromatic nitrogens is 5. The second-order valence-electron chi connectivity index (χ2n) is 5.91. The predicted octanol–water partition coefficient (Wildman–Crippen LogP) is 2.38. The Labute approximate surface area is 158 Å². The lowest BCUT2D eigenvalue weighted by Gasteiger charge is -2.06. The number of carbonyl (C=O) groups excluding carboxylic acids is 1. The maximum atomic E-state index is 12.2. The fourth-order valence-electron chi connectivity index (χ4n) is 2.72. The van der Waals surface area contributed by atoms with Gasteiger partial charge in [0.1, 0.15) is 0 Å². The average Bonchev–Trinajstić information content (AvgIpc) is 3.22. The maximum Gasteiger partial charge on any atom is 0.323 e. The highest BCUT2D eigenvalue weighted by Gasteiger charge is 2.13. The fraction of sp³-hybridized carbons (Fsp3) is 0.111. The molecule has 4 aromatic rings. The van der Waals surface area contributed by atoms with Crippen molar-refractivity contribution in [3.05, 3.63) is 59.0 Å². The Morgan fingerprint density at radius 3 is 2.70 bits per heavy atom. The van der Waals surface area contributed by atoms with Gasteiger partial charge in [0, 0.05) is 18.3 Å². The van der Waals surface area contributed by atoms with Crippen LogP contribution in [0.15, 0.2) is 58.5 Å². The number of hydrogen-bond donors (Lipinski definition) is 3. The van der Waals surface area contributed by atoms with E-state index in [1.165, 1.54) is 11.8 Å². The minimum absolute atomic E-state index is 0.165. The van der Waals surface area contributed by atoms with E-state index in [1.54, 1.807) is 18.2 Å². The Kier molecular flexibility index (Phi) is 4.51. The number of anilines is 1. The van der Waals surface area contributed by atoms with Gasteiger partial charge in [0.05, 0.1) is 16.8 Å². The summed E-state index contributed by atoms with van der Waals surface area (Å²) in [6, 6.07) is 15.0. The predicted molar refractivity (Wildman–Crippen MR) is 105 cm³/mol. The molecule has 2 aromatic heterocycles. The topological polar surface area (TPSA) is 108 Å². The zero-order valence-corrected chi connectivity index (χ0v) is 15.2. The Hall–Kier alpha value is -3.33. The van der Waals surface area contributed by atoms with Crippen molar-refractivity contribution in [3.8, 4) is 11.4 Å². The van der Waals surface area contributed by atoms with Crippen LogP contribution in [0.25, 0.3) is 22.4 Å². The number of rotatable bonds is 5. The number of nitrogens with zero attached hydrogens (tertiary/aromatic N) is 3. The van der Waals surface area contributed by atoms with Crippen molar-refractivity contribution in [2.45, 2.75) is 5.16 Å². The van der Waals surface area contributed by atoms with E-state index in [0.717, 1.165) is 11.4 Å². The second-order valence-corrected chi connectivity index (χ2v) is 6.85. The summed E-state index contributed by atoms with van der Waals surface area (Å²) in [6.07, 6.45) is 0. The number of amides is 1. The third-order valence-corrected chi connectivity index (χ3v) is 5.02. The van der Waals surface area contributed by atoms with Crippen LogP contribution in [0.4, 0.5) is 5.69 Å². The van der Waals surface area contributed by atoms with E-state index >= 15 is 0 Å². The van der Waals surface area contributed by atoms with Gasteiger partial charge in [-0.1, -0.05) is 42.1 Å². The first kappa shape index (κ1) is 17.1. The minimum atomic E-state index is -0.277. The fourth-order valence-corrected chi connectivity index (χ4v) is 3.43. The van der Waals surface area contributed by atoms with Gasteiger partial charge in [0.25, 0.3) is 0 Å². The van der Waals surface area contributed by atoms with Gasteiger partial charge in [0.2, 0.25) is 5.91 Å². The van der Waals surface area contributed by atoms with Crippen molar-refractivity contribution >= 4 is 34.4 Å². The number of aromatic amines is 2. The maximum absolute atomic E-state index is 12.2. The molecule has 27 heavy (non-hydrogen) atoms. The zero-order valence-electron chi connectivity index (χ0n) is 14.4. The molecule has 3 N–H and O–H groups in total. The number of thioether (sulfide) groups is 1. The van der Waals surface area contributed by atoms with Crippen molar-refractivity contribution in [2.24, 2.45) is 7.05 Å². The quantitative estimate of drug-likeness (QED) is 0.461. The van der Waals surface area contributed by atoms with Crippen molar-refractivity contribution in [1.82, 2.24) is 24.7 Å². The van der Waals surface area contributed by atoms with Crippen LogP contribution in [0, 0.1) is 0 Å². The summed E-state index contributed by atoms with van der Waals surface area (Å²) in [5, 5.41) is 11.9. The van der Waals surface area contributed by atoms with E-state index in [-0.39, 0.29) is 17.3 Å². The van der Waals surface area contributed by atoms with Crippen molar-refractivity contribution in [2.75, 3.05) is 11.1 Å². The van der Waals surface area contributed by atoms with E-state index in [0.29, 0.717) is 21.9 Å². The van der Waals surface area contributed by atoms with Crippen LogP contribution < -0.4 is 11.0 Å². The molecule has 2 aromatic carbocycles. The second kappa shape index (κ2) is 7.12. The molecule has 0 unspecified atom stereocenters. The highest BCUT2D eigenvalue weighted by molar-refractivity contribution is 7.99. The van der Waals surface area contributed by atoms with Crippen LogP contribution in [0.1, 0.15) is 0 Å². The monoisotopic (exact) mass is 380 g/mol. The van der Waals surface area contributed by atoms with Crippen LogP contribution in [0.3, 0.4) is 0 Å². The number of nitrogens with one attached hydrogen (secondary N) is 3. The van der Waals surface area contributed by atoms with Crippen molar-refractivity contribution < 1.29 is 4.79 Å². The third-order valence-electron chi connectivity index (χ3n) is 4.00. The molecule has 0 aliphatic rings. The number of imidazole rings is 1. The van der Waals surface area contributed by atoms with Gasteiger partial charge in [-0.3, -0.25) is 4.79 Å². The normalized spacial score (nSPS) is 11.0. The molecule has 0 atom stereocenters. The van der Waals surface area contributed by atoms with Crippen LogP contribution in [0.2, 0.25) is 0 Å². The van der Waals surface area contributed by atoms with Gasteiger partial charge in [-0.05, 0) is 18.2 Å². The Morgan fingerprint density at radius 2 is 1.89 bits per heavy atom. The van der Waals surface area contributed by atoms with Crippen LogP contribution in [0.5, 0.6) is 0 Å². The molecule has 0 aliphatic carbocycles. The number of fused-ring (bicyclic) bond motifs is 1. The van der Waals surface area contributed by atoms with E-state index in [9.17, 15) is 9.59 Å². The summed E-state index contributed by atoms with van der Waals surface area (Å²) < 4.78 is 1.86. The first-order valence-electron chi connectivity index (χ1n) is 8.19. The summed E-state index contributed by atoms with van der Waals surface area (Å²) in [5.41, 5.74) is 2.65. The summed E-state index contributed by atoms with van der Waals surface area (Å²) in [7, 11) is 1.87. The zero-order chi connectivity index (χ0) is 18.8. The summed E-state index contributed by atoms with van der Waals surface area (Å²) in [6.45, 7) is 0. The van der Waals surface area contributed by atoms with Crippen LogP contribution in [-0.4, -0.2) is 36.4 Å². The molecule has 0 saturated heterocycles. The molecule has 8 nitrogen and oxygen atoms in total. The molecule has 0 fully saturated rings. The lowest BCUT2D eigenvalue weighted by Crippen LogP contribution is -2.14. The molecule has 4 rings (SSSR count). The van der Waals surface area contributed by atoms with E-state index in [2.05, 4.69) is 25.5 Å². The average molecular weight is 380 g/mol. The Bertz CT molecular complexity index is 1160. The molecular formula is C18H16N6O2S. The highest BCUT2D eigenvalue weighted by atomic mass is 32.2. The molecule has 2 heterocycles. The standard InChI is InChI=1S/C18H16N6O2S/c1-24-16(11-5-3-2-4-6-11)22-23-18(24)27-10-15(25)19-12-7-8-13-14(9-12)21-17(26)20-13/h2-9H,10H2,1H3,(H,19,25)(H2,20,21,26). The largest absolute Gasteiger partial charge is 0.325 e. The summed E-state index contributed by atoms with van der Waals surface area (Å²) in [5.74, 6) is 0.782. The summed E-state index contributed by atoms with van der Waals surface area (Å²) in [4.78, 5) is 28.9. The van der Waals surface area contributed by atoms with Crippen LogP contribution in [-0.2, 0) is 11.8 Å². The molecular weight excluding hydrogens is 364 g/mol. The molecule has 1 amide bonds. The van der Waals surface area contributed by atoms with E-state index < -0.39 is 0 Å². The smallest absolute Gasteiger partial charge is 0.323 e. The minimum Gasteiger partial charge on any atom is -0.325 e. The number of carbonyl (C=O) groups is 1. The Balaban J connectivity index is 1.41. The number of benzene rings is 2. The van der Waals surface area contributed by atoms with Crippen molar-refractivity contribution in [3.63, 3.8) is 0 Å². The van der Waals surface area contributed by atoms with Gasteiger partial charge < -0.3 is 19.9 Å². The summed E-state index contributed by atoms with van der Waals surface area (Å²) >= 11 is 1.31. The van der Waals surface area contributed by atoms with E-state index in [1.807, 2.05) is 41.9 Å². The van der Waals surface area contributed by atoms with Crippen LogP contribution >= 0.6 is 11.8 Å².